The van der Waals surface area contributed by atoms with Crippen molar-refractivity contribution < 1.29 is 5.11 Å². The van der Waals surface area contributed by atoms with E-state index in [1.165, 1.54) is 11.3 Å². The monoisotopic (exact) mass is 317 g/mol. The minimum Gasteiger partial charge on any atom is -0.395 e. The molecule has 0 unspecified atom stereocenters. The van der Waals surface area contributed by atoms with Crippen molar-refractivity contribution in [1.29, 1.82) is 0 Å². The Morgan fingerprint density at radius 3 is 3.12 bits per heavy atom. The fourth-order valence-corrected chi connectivity index (χ4v) is 2.96. The molecule has 2 rings (SSSR count). The van der Waals surface area contributed by atoms with Gasteiger partial charge in [-0.2, -0.15) is 0 Å². The Hall–Kier alpha value is -0.760. The lowest BCUT2D eigenvalue weighted by molar-refractivity contribution is 0.214. The molecule has 0 aromatic carbocycles. The topological polar surface area (TPSA) is 69.2 Å². The SMILES string of the molecule is CN(CCO)Cc1nc2cc(Br)sc2c(=O)[nH]1. The van der Waals surface area contributed by atoms with Crippen LogP contribution in [0.15, 0.2) is 14.6 Å². The highest BCUT2D eigenvalue weighted by Crippen LogP contribution is 2.25. The van der Waals surface area contributed by atoms with Crippen molar-refractivity contribution in [2.24, 2.45) is 0 Å². The van der Waals surface area contributed by atoms with E-state index in [0.29, 0.717) is 29.1 Å². The summed E-state index contributed by atoms with van der Waals surface area (Å²) in [5, 5.41) is 8.81. The van der Waals surface area contributed by atoms with Crippen molar-refractivity contribution in [3.05, 3.63) is 26.0 Å². The number of hydrogen-bond donors (Lipinski definition) is 2. The van der Waals surface area contributed by atoms with Crippen LogP contribution in [0, 0.1) is 0 Å². The van der Waals surface area contributed by atoms with E-state index in [4.69, 9.17) is 5.11 Å². The number of likely N-dealkylation sites (N-methyl/N-ethyl adjacent to an activating group) is 1. The van der Waals surface area contributed by atoms with Crippen LogP contribution in [0.5, 0.6) is 0 Å². The third-order valence-corrected chi connectivity index (χ3v) is 3.93. The van der Waals surface area contributed by atoms with Crippen LogP contribution in [0.3, 0.4) is 0 Å². The number of aliphatic hydroxyl groups excluding tert-OH is 1. The summed E-state index contributed by atoms with van der Waals surface area (Å²) in [7, 11) is 1.87. The predicted octanol–water partition coefficient (Wildman–Crippen LogP) is 1.17. The maximum atomic E-state index is 11.8. The van der Waals surface area contributed by atoms with Gasteiger partial charge in [-0.1, -0.05) is 0 Å². The molecule has 7 heteroatoms. The molecule has 5 nitrogen and oxygen atoms in total. The van der Waals surface area contributed by atoms with Gasteiger partial charge in [-0.3, -0.25) is 9.69 Å². The van der Waals surface area contributed by atoms with Crippen molar-refractivity contribution in [3.63, 3.8) is 0 Å². The van der Waals surface area contributed by atoms with Crippen LogP contribution in [-0.2, 0) is 6.54 Å². The standard InChI is InChI=1S/C10H12BrN3O2S/c1-14(2-3-15)5-8-12-6-4-7(11)17-9(6)10(16)13-8/h4,15H,2-3,5H2,1H3,(H,12,13,16). The van der Waals surface area contributed by atoms with E-state index < -0.39 is 0 Å². The number of halogens is 1. The first kappa shape index (κ1) is 12.7. The second kappa shape index (κ2) is 5.26. The molecule has 0 saturated carbocycles. The minimum absolute atomic E-state index is 0.0903. The van der Waals surface area contributed by atoms with Crippen molar-refractivity contribution in [1.82, 2.24) is 14.9 Å². The minimum atomic E-state index is -0.113. The van der Waals surface area contributed by atoms with E-state index in [1.807, 2.05) is 18.0 Å². The van der Waals surface area contributed by atoms with Crippen LogP contribution in [0.25, 0.3) is 10.2 Å². The number of rotatable bonds is 4. The van der Waals surface area contributed by atoms with Gasteiger partial charge in [-0.25, -0.2) is 4.98 Å². The summed E-state index contributed by atoms with van der Waals surface area (Å²) in [4.78, 5) is 20.8. The third-order valence-electron chi connectivity index (χ3n) is 2.30. The van der Waals surface area contributed by atoms with Gasteiger partial charge < -0.3 is 10.1 Å². The third kappa shape index (κ3) is 2.92. The molecular formula is C10H12BrN3O2S. The fraction of sp³-hybridized carbons (Fsp3) is 0.400. The van der Waals surface area contributed by atoms with Gasteiger partial charge in [0.1, 0.15) is 10.5 Å². The van der Waals surface area contributed by atoms with Crippen molar-refractivity contribution >= 4 is 37.5 Å². The molecule has 2 aromatic rings. The van der Waals surface area contributed by atoms with Crippen LogP contribution in [0.4, 0.5) is 0 Å². The summed E-state index contributed by atoms with van der Waals surface area (Å²) < 4.78 is 1.52. The van der Waals surface area contributed by atoms with Crippen LogP contribution in [0.1, 0.15) is 5.82 Å². The fourth-order valence-electron chi connectivity index (χ4n) is 1.54. The highest BCUT2D eigenvalue weighted by atomic mass is 79.9. The summed E-state index contributed by atoms with van der Waals surface area (Å²) in [5.74, 6) is 0.615. The number of hydrogen-bond acceptors (Lipinski definition) is 5. The number of nitrogens with zero attached hydrogens (tertiary/aromatic N) is 2. The maximum Gasteiger partial charge on any atom is 0.268 e. The molecule has 0 fully saturated rings. The van der Waals surface area contributed by atoms with E-state index >= 15 is 0 Å². The van der Waals surface area contributed by atoms with Crippen LogP contribution in [-0.4, -0.2) is 40.2 Å². The zero-order valence-electron chi connectivity index (χ0n) is 9.23. The molecule has 0 aliphatic rings. The number of H-pyrrole nitrogens is 1. The molecule has 0 aliphatic heterocycles. The molecule has 17 heavy (non-hydrogen) atoms. The molecule has 2 heterocycles. The van der Waals surface area contributed by atoms with E-state index in [1.54, 1.807) is 0 Å². The Kier molecular flexibility index (Phi) is 3.93. The number of aromatic amines is 1. The average Bonchev–Trinajstić information content (AvgIpc) is 2.59. The summed E-state index contributed by atoms with van der Waals surface area (Å²) in [6.07, 6.45) is 0. The number of aromatic nitrogens is 2. The predicted molar refractivity (Wildman–Crippen MR) is 71.4 cm³/mol. The molecule has 0 radical (unpaired) electrons. The normalized spacial score (nSPS) is 11.5. The van der Waals surface area contributed by atoms with E-state index in [-0.39, 0.29) is 12.2 Å². The van der Waals surface area contributed by atoms with Crippen molar-refractivity contribution in [2.75, 3.05) is 20.2 Å². The highest BCUT2D eigenvalue weighted by molar-refractivity contribution is 9.11. The lowest BCUT2D eigenvalue weighted by Crippen LogP contribution is -2.24. The Morgan fingerprint density at radius 2 is 2.41 bits per heavy atom. The second-order valence-corrected chi connectivity index (χ2v) is 6.17. The maximum absolute atomic E-state index is 11.8. The Labute approximate surface area is 110 Å². The smallest absolute Gasteiger partial charge is 0.268 e. The summed E-state index contributed by atoms with van der Waals surface area (Å²) in [6, 6.07) is 1.84. The Morgan fingerprint density at radius 1 is 1.65 bits per heavy atom. The zero-order valence-corrected chi connectivity index (χ0v) is 11.6. The molecule has 0 atom stereocenters. The van der Waals surface area contributed by atoms with E-state index in [9.17, 15) is 4.79 Å². The molecule has 2 aromatic heterocycles. The van der Waals surface area contributed by atoms with Crippen molar-refractivity contribution in [2.45, 2.75) is 6.54 Å². The molecule has 0 aliphatic carbocycles. The Bertz CT molecular complexity index is 580. The van der Waals surface area contributed by atoms with Gasteiger partial charge in [0, 0.05) is 6.54 Å². The first-order valence-corrected chi connectivity index (χ1v) is 6.68. The van der Waals surface area contributed by atoms with Crippen molar-refractivity contribution in [3.8, 4) is 0 Å². The number of nitrogens with one attached hydrogen (secondary N) is 1. The molecule has 0 saturated heterocycles. The quantitative estimate of drug-likeness (QED) is 0.888. The van der Waals surface area contributed by atoms with Gasteiger partial charge in [0.25, 0.3) is 5.56 Å². The van der Waals surface area contributed by atoms with Crippen LogP contribution < -0.4 is 5.56 Å². The van der Waals surface area contributed by atoms with E-state index in [2.05, 4.69) is 25.9 Å². The summed E-state index contributed by atoms with van der Waals surface area (Å²) >= 11 is 4.71. The highest BCUT2D eigenvalue weighted by Gasteiger charge is 2.08. The molecule has 2 N–H and O–H groups in total. The average molecular weight is 318 g/mol. The molecule has 0 amide bonds. The molecule has 92 valence electrons. The lowest BCUT2D eigenvalue weighted by atomic mass is 10.4. The second-order valence-electron chi connectivity index (χ2n) is 3.74. The first-order valence-electron chi connectivity index (χ1n) is 5.08. The van der Waals surface area contributed by atoms with Gasteiger partial charge in [0.2, 0.25) is 0 Å². The number of aliphatic hydroxyl groups is 1. The number of thiophene rings is 1. The van der Waals surface area contributed by atoms with Gasteiger partial charge in [0.15, 0.2) is 0 Å². The summed E-state index contributed by atoms with van der Waals surface area (Å²) in [5.41, 5.74) is 0.594. The van der Waals surface area contributed by atoms with Gasteiger partial charge in [-0.05, 0) is 29.0 Å². The largest absolute Gasteiger partial charge is 0.395 e. The molecule has 0 bridgehead atoms. The van der Waals surface area contributed by atoms with Crippen LogP contribution >= 0.6 is 27.3 Å². The zero-order chi connectivity index (χ0) is 12.4. The first-order chi connectivity index (χ1) is 8.10. The lowest BCUT2D eigenvalue weighted by Gasteiger charge is -2.13. The number of fused-ring (bicyclic) bond motifs is 1. The summed E-state index contributed by atoms with van der Waals surface area (Å²) in [6.45, 7) is 1.15. The van der Waals surface area contributed by atoms with Gasteiger partial charge in [-0.15, -0.1) is 11.3 Å². The Balaban J connectivity index is 2.33. The van der Waals surface area contributed by atoms with Gasteiger partial charge in [0.05, 0.1) is 22.5 Å². The van der Waals surface area contributed by atoms with E-state index in [0.717, 1.165) is 3.79 Å². The molecular weight excluding hydrogens is 306 g/mol. The molecule has 0 spiro atoms. The van der Waals surface area contributed by atoms with Gasteiger partial charge >= 0.3 is 0 Å². The van der Waals surface area contributed by atoms with Crippen LogP contribution in [0.2, 0.25) is 0 Å².